The molecular formula is C21H16O. The van der Waals surface area contributed by atoms with Crippen LogP contribution >= 0.6 is 0 Å². The van der Waals surface area contributed by atoms with Crippen LogP contribution in [0, 0.1) is 0 Å². The van der Waals surface area contributed by atoms with Crippen molar-refractivity contribution in [3.8, 4) is 0 Å². The number of carbonyl (C=O) groups excluding carboxylic acids is 1. The largest absolute Gasteiger partial charge is 0.298 e. The molecule has 0 aromatic heterocycles. The second kappa shape index (κ2) is 6.68. The second-order valence-electron chi connectivity index (χ2n) is 5.08. The fraction of sp³-hybridized carbons (Fsp3) is 0. The first kappa shape index (κ1) is 14.0. The highest BCUT2D eigenvalue weighted by Gasteiger charge is 2.06. The van der Waals surface area contributed by atoms with Crippen molar-refractivity contribution in [1.82, 2.24) is 0 Å². The molecule has 106 valence electrons. The molecule has 1 heteroatoms. The predicted octanol–water partition coefficient (Wildman–Crippen LogP) is 5.09. The zero-order valence-electron chi connectivity index (χ0n) is 12.1. The van der Waals surface area contributed by atoms with Crippen molar-refractivity contribution in [2.75, 3.05) is 0 Å². The molecule has 3 aromatic rings. The van der Waals surface area contributed by atoms with E-state index in [0.29, 0.717) is 5.56 Å². The van der Waals surface area contributed by atoms with Crippen molar-refractivity contribution in [3.05, 3.63) is 107 Å². The summed E-state index contributed by atoms with van der Waals surface area (Å²) in [5.41, 5.74) is 5.11. The molecule has 0 saturated carbocycles. The third-order valence-corrected chi connectivity index (χ3v) is 3.53. The molecule has 0 bridgehead atoms. The summed E-state index contributed by atoms with van der Waals surface area (Å²) in [6.45, 7) is 0. The van der Waals surface area contributed by atoms with E-state index in [1.807, 2.05) is 60.7 Å². The molecule has 3 aromatic carbocycles. The van der Waals surface area contributed by atoms with E-state index in [1.54, 1.807) is 0 Å². The number of hydrogen-bond donors (Lipinski definition) is 0. The van der Waals surface area contributed by atoms with Gasteiger partial charge in [0.05, 0.1) is 0 Å². The summed E-state index contributed by atoms with van der Waals surface area (Å²) in [6, 6.07) is 28.1. The molecule has 0 aliphatic heterocycles. The van der Waals surface area contributed by atoms with Gasteiger partial charge in [0.25, 0.3) is 0 Å². The van der Waals surface area contributed by atoms with Gasteiger partial charge in [0.2, 0.25) is 0 Å². The Hall–Kier alpha value is -2.93. The van der Waals surface area contributed by atoms with Crippen LogP contribution in [0.2, 0.25) is 0 Å². The van der Waals surface area contributed by atoms with Gasteiger partial charge >= 0.3 is 0 Å². The lowest BCUT2D eigenvalue weighted by Gasteiger charge is -2.09. The van der Waals surface area contributed by atoms with Crippen molar-refractivity contribution in [3.63, 3.8) is 0 Å². The monoisotopic (exact) mass is 284 g/mol. The highest BCUT2D eigenvalue weighted by Crippen LogP contribution is 2.26. The van der Waals surface area contributed by atoms with Crippen molar-refractivity contribution in [2.45, 2.75) is 0 Å². The average Bonchev–Trinajstić information content (AvgIpc) is 2.61. The zero-order chi connectivity index (χ0) is 15.2. The van der Waals surface area contributed by atoms with Gasteiger partial charge in [-0.1, -0.05) is 78.9 Å². The maximum atomic E-state index is 11.1. The van der Waals surface area contributed by atoms with Crippen LogP contribution in [0.4, 0.5) is 0 Å². The Bertz CT molecular complexity index is 786. The van der Waals surface area contributed by atoms with Gasteiger partial charge in [-0.3, -0.25) is 4.79 Å². The van der Waals surface area contributed by atoms with Crippen LogP contribution in [0.15, 0.2) is 84.9 Å². The van der Waals surface area contributed by atoms with Crippen molar-refractivity contribution in [1.29, 1.82) is 0 Å². The van der Waals surface area contributed by atoms with Crippen LogP contribution in [0.5, 0.6) is 0 Å². The molecule has 0 radical (unpaired) electrons. The van der Waals surface area contributed by atoms with E-state index >= 15 is 0 Å². The highest BCUT2D eigenvalue weighted by molar-refractivity contribution is 5.92. The minimum atomic E-state index is 0.687. The van der Waals surface area contributed by atoms with Gasteiger partial charge in [0, 0.05) is 5.56 Å². The van der Waals surface area contributed by atoms with Gasteiger partial charge in [-0.15, -0.1) is 0 Å². The maximum Gasteiger partial charge on any atom is 0.150 e. The third-order valence-electron chi connectivity index (χ3n) is 3.53. The standard InChI is InChI=1S/C21H16O/c22-16-18-10-7-13-20(14-18)21(19-11-5-2-6-12-19)15-17-8-3-1-4-9-17/h1-16H/b21-15-. The van der Waals surface area contributed by atoms with E-state index in [2.05, 4.69) is 30.3 Å². The Kier molecular flexibility index (Phi) is 4.26. The van der Waals surface area contributed by atoms with Crippen LogP contribution < -0.4 is 0 Å². The molecule has 0 amide bonds. The summed E-state index contributed by atoms with van der Waals surface area (Å²) in [5.74, 6) is 0. The van der Waals surface area contributed by atoms with Crippen LogP contribution in [0.25, 0.3) is 11.6 Å². The third kappa shape index (κ3) is 3.21. The molecule has 0 aliphatic carbocycles. The average molecular weight is 284 g/mol. The molecule has 0 N–H and O–H groups in total. The van der Waals surface area contributed by atoms with Gasteiger partial charge in [-0.2, -0.15) is 0 Å². The molecule has 0 spiro atoms. The first-order valence-electron chi connectivity index (χ1n) is 7.24. The fourth-order valence-corrected chi connectivity index (χ4v) is 2.45. The summed E-state index contributed by atoms with van der Waals surface area (Å²) in [7, 11) is 0. The van der Waals surface area contributed by atoms with Crippen LogP contribution in [0.1, 0.15) is 27.0 Å². The topological polar surface area (TPSA) is 17.1 Å². The summed E-state index contributed by atoms with van der Waals surface area (Å²) in [5, 5.41) is 0. The quantitative estimate of drug-likeness (QED) is 0.482. The molecule has 1 nitrogen and oxygen atoms in total. The molecule has 3 rings (SSSR count). The van der Waals surface area contributed by atoms with Gasteiger partial charge in [-0.05, 0) is 34.4 Å². The number of hydrogen-bond acceptors (Lipinski definition) is 1. The molecule has 0 heterocycles. The molecule has 0 fully saturated rings. The van der Waals surface area contributed by atoms with Crippen LogP contribution in [-0.2, 0) is 0 Å². The van der Waals surface area contributed by atoms with E-state index < -0.39 is 0 Å². The lowest BCUT2D eigenvalue weighted by molar-refractivity contribution is 0.112. The highest BCUT2D eigenvalue weighted by atomic mass is 16.1. The summed E-state index contributed by atoms with van der Waals surface area (Å²) in [6.07, 6.45) is 3.04. The van der Waals surface area contributed by atoms with Crippen molar-refractivity contribution in [2.24, 2.45) is 0 Å². The fourth-order valence-electron chi connectivity index (χ4n) is 2.45. The summed E-state index contributed by atoms with van der Waals surface area (Å²) in [4.78, 5) is 11.1. The molecular weight excluding hydrogens is 268 g/mol. The molecule has 22 heavy (non-hydrogen) atoms. The van der Waals surface area contributed by atoms with Gasteiger partial charge in [0.1, 0.15) is 6.29 Å². The van der Waals surface area contributed by atoms with E-state index in [9.17, 15) is 4.79 Å². The predicted molar refractivity (Wildman–Crippen MR) is 91.7 cm³/mol. The zero-order valence-corrected chi connectivity index (χ0v) is 12.1. The minimum absolute atomic E-state index is 0.687. The Morgan fingerprint density at radius 2 is 1.23 bits per heavy atom. The van der Waals surface area contributed by atoms with E-state index in [1.165, 1.54) is 0 Å². The molecule has 0 unspecified atom stereocenters. The number of carbonyl (C=O) groups is 1. The van der Waals surface area contributed by atoms with E-state index in [-0.39, 0.29) is 0 Å². The maximum absolute atomic E-state index is 11.1. The first-order valence-corrected chi connectivity index (χ1v) is 7.24. The lowest BCUT2D eigenvalue weighted by atomic mass is 9.94. The minimum Gasteiger partial charge on any atom is -0.298 e. The van der Waals surface area contributed by atoms with Crippen molar-refractivity contribution < 1.29 is 4.79 Å². The molecule has 0 atom stereocenters. The van der Waals surface area contributed by atoms with Gasteiger partial charge in [-0.25, -0.2) is 0 Å². The van der Waals surface area contributed by atoms with E-state index in [0.717, 1.165) is 28.5 Å². The number of benzene rings is 3. The van der Waals surface area contributed by atoms with Gasteiger partial charge < -0.3 is 0 Å². The summed E-state index contributed by atoms with van der Waals surface area (Å²) >= 11 is 0. The Morgan fingerprint density at radius 1 is 0.636 bits per heavy atom. The Morgan fingerprint density at radius 3 is 1.91 bits per heavy atom. The number of aldehydes is 1. The van der Waals surface area contributed by atoms with Crippen LogP contribution in [0.3, 0.4) is 0 Å². The van der Waals surface area contributed by atoms with Crippen molar-refractivity contribution >= 4 is 17.9 Å². The number of rotatable bonds is 4. The van der Waals surface area contributed by atoms with E-state index in [4.69, 9.17) is 0 Å². The molecule has 0 aliphatic rings. The lowest BCUT2D eigenvalue weighted by Crippen LogP contribution is -1.90. The Labute approximate surface area is 130 Å². The first-order chi connectivity index (χ1) is 10.9. The second-order valence-corrected chi connectivity index (χ2v) is 5.08. The SMILES string of the molecule is O=Cc1cccc(/C(=C\c2ccccc2)c2ccccc2)c1. The van der Waals surface area contributed by atoms with Gasteiger partial charge in [0.15, 0.2) is 0 Å². The summed E-state index contributed by atoms with van der Waals surface area (Å²) < 4.78 is 0. The normalized spacial score (nSPS) is 11.2. The smallest absolute Gasteiger partial charge is 0.150 e. The Balaban J connectivity index is 2.15. The van der Waals surface area contributed by atoms with Crippen LogP contribution in [-0.4, -0.2) is 6.29 Å². The molecule has 0 saturated heterocycles.